The number of carbonyl (C=O) groups is 2. The number of urea groups is 1. The summed E-state index contributed by atoms with van der Waals surface area (Å²) >= 11 is 0. The fourth-order valence-corrected chi connectivity index (χ4v) is 7.37. The topological polar surface area (TPSA) is 93.4 Å². The van der Waals surface area contributed by atoms with Crippen molar-refractivity contribution in [2.75, 3.05) is 13.2 Å². The van der Waals surface area contributed by atoms with E-state index in [2.05, 4.69) is 45.3 Å². The SMILES string of the molecule is CCCCCCCCCCCCC(CCCCCCCCCC)COC(=O)NC1CC(C)(C)CC(C)(CNC(N)=O)C1. The highest BCUT2D eigenvalue weighted by molar-refractivity contribution is 5.71. The maximum Gasteiger partial charge on any atom is 0.407 e. The molecule has 0 bridgehead atoms. The minimum Gasteiger partial charge on any atom is -0.449 e. The van der Waals surface area contributed by atoms with Gasteiger partial charge in [-0.3, -0.25) is 0 Å². The van der Waals surface area contributed by atoms with Crippen molar-refractivity contribution in [2.45, 2.75) is 188 Å². The lowest BCUT2D eigenvalue weighted by atomic mass is 9.62. The molecular weight excluding hydrogens is 522 g/mol. The van der Waals surface area contributed by atoms with Gasteiger partial charge in [0.2, 0.25) is 0 Å². The first kappa shape index (κ1) is 38.6. The number of hydrogen-bond acceptors (Lipinski definition) is 3. The van der Waals surface area contributed by atoms with E-state index in [1.807, 2.05) is 0 Å². The van der Waals surface area contributed by atoms with Crippen molar-refractivity contribution in [1.82, 2.24) is 10.6 Å². The van der Waals surface area contributed by atoms with Crippen molar-refractivity contribution >= 4 is 12.1 Å². The van der Waals surface area contributed by atoms with Gasteiger partial charge in [-0.1, -0.05) is 150 Å². The Labute approximate surface area is 260 Å². The van der Waals surface area contributed by atoms with Crippen LogP contribution in [0.4, 0.5) is 9.59 Å². The molecule has 1 rings (SSSR count). The number of rotatable bonds is 25. The number of nitrogens with one attached hydrogen (secondary N) is 2. The van der Waals surface area contributed by atoms with Gasteiger partial charge < -0.3 is 21.1 Å². The molecule has 3 atom stereocenters. The molecule has 248 valence electrons. The van der Waals surface area contributed by atoms with E-state index in [0.29, 0.717) is 19.1 Å². The van der Waals surface area contributed by atoms with Crippen molar-refractivity contribution in [3.63, 3.8) is 0 Å². The Hall–Kier alpha value is -1.46. The largest absolute Gasteiger partial charge is 0.449 e. The van der Waals surface area contributed by atoms with Crippen molar-refractivity contribution in [1.29, 1.82) is 0 Å². The first-order chi connectivity index (χ1) is 20.1. The minimum absolute atomic E-state index is 0.0362. The summed E-state index contributed by atoms with van der Waals surface area (Å²) in [5.74, 6) is 0.456. The molecule has 1 fully saturated rings. The molecule has 4 N–H and O–H groups in total. The van der Waals surface area contributed by atoms with Crippen LogP contribution in [0.2, 0.25) is 0 Å². The molecule has 0 aromatic heterocycles. The monoisotopic (exact) mass is 594 g/mol. The van der Waals surface area contributed by atoms with Gasteiger partial charge in [-0.05, 0) is 48.9 Å². The Balaban J connectivity index is 2.46. The summed E-state index contributed by atoms with van der Waals surface area (Å²) in [7, 11) is 0. The number of ether oxygens (including phenoxy) is 1. The lowest BCUT2D eigenvalue weighted by Gasteiger charge is -2.46. The second-order valence-electron chi connectivity index (χ2n) is 14.8. The minimum atomic E-state index is -0.492. The van der Waals surface area contributed by atoms with Crippen molar-refractivity contribution in [3.05, 3.63) is 0 Å². The van der Waals surface area contributed by atoms with Crippen LogP contribution in [0.5, 0.6) is 0 Å². The second-order valence-corrected chi connectivity index (χ2v) is 14.8. The molecule has 0 aliphatic heterocycles. The highest BCUT2D eigenvalue weighted by atomic mass is 16.5. The predicted molar refractivity (Wildman–Crippen MR) is 179 cm³/mol. The molecule has 6 nitrogen and oxygen atoms in total. The van der Waals surface area contributed by atoms with Gasteiger partial charge in [0.15, 0.2) is 0 Å². The third kappa shape index (κ3) is 20.4. The smallest absolute Gasteiger partial charge is 0.407 e. The molecule has 3 unspecified atom stereocenters. The van der Waals surface area contributed by atoms with Gasteiger partial charge in [-0.2, -0.15) is 0 Å². The van der Waals surface area contributed by atoms with Gasteiger partial charge in [0.1, 0.15) is 0 Å². The molecule has 1 aliphatic carbocycles. The van der Waals surface area contributed by atoms with Gasteiger partial charge in [0.25, 0.3) is 0 Å². The standard InChI is InChI=1S/C36H71N3O3/c1-6-8-10-12-14-16-17-19-21-23-25-31(24-22-20-18-15-13-11-9-7-2)28-42-34(41)39-32-26-35(3,4)29-36(5,27-32)30-38-33(37)40/h31-32H,6-30H2,1-5H3,(H,39,41)(H3,37,38,40). The van der Waals surface area contributed by atoms with Crippen molar-refractivity contribution in [3.8, 4) is 0 Å². The fourth-order valence-electron chi connectivity index (χ4n) is 7.37. The first-order valence-electron chi connectivity index (χ1n) is 18.1. The van der Waals surface area contributed by atoms with Crippen LogP contribution in [0.25, 0.3) is 0 Å². The number of amides is 3. The van der Waals surface area contributed by atoms with E-state index in [-0.39, 0.29) is 23.0 Å². The summed E-state index contributed by atoms with van der Waals surface area (Å²) in [5, 5.41) is 5.97. The van der Waals surface area contributed by atoms with E-state index in [4.69, 9.17) is 10.5 Å². The van der Waals surface area contributed by atoms with Gasteiger partial charge in [-0.25, -0.2) is 9.59 Å². The van der Waals surface area contributed by atoms with Gasteiger partial charge in [0, 0.05) is 12.6 Å². The molecule has 42 heavy (non-hydrogen) atoms. The molecule has 0 aromatic rings. The van der Waals surface area contributed by atoms with Crippen LogP contribution in [0.3, 0.4) is 0 Å². The second kappa shape index (κ2) is 23.0. The average Bonchev–Trinajstić information content (AvgIpc) is 2.91. The molecule has 0 saturated heterocycles. The van der Waals surface area contributed by atoms with Crippen molar-refractivity contribution < 1.29 is 14.3 Å². The summed E-state index contributed by atoms with van der Waals surface area (Å²) < 4.78 is 5.87. The average molecular weight is 594 g/mol. The van der Waals surface area contributed by atoms with Crippen LogP contribution in [0.15, 0.2) is 0 Å². The maximum absolute atomic E-state index is 12.9. The molecule has 0 radical (unpaired) electrons. The van der Waals surface area contributed by atoms with E-state index in [0.717, 1.165) is 32.1 Å². The Kier molecular flexibility index (Phi) is 21.1. The quantitative estimate of drug-likeness (QED) is 0.0919. The summed E-state index contributed by atoms with van der Waals surface area (Å²) in [6.45, 7) is 12.3. The number of carbonyl (C=O) groups excluding carboxylic acids is 2. The van der Waals surface area contributed by atoms with E-state index < -0.39 is 6.03 Å². The number of unbranched alkanes of at least 4 members (excludes halogenated alkanes) is 16. The normalized spacial score (nSPS) is 20.6. The Morgan fingerprint density at radius 2 is 1.19 bits per heavy atom. The van der Waals surface area contributed by atoms with E-state index >= 15 is 0 Å². The maximum atomic E-state index is 12.9. The summed E-state index contributed by atoms with van der Waals surface area (Å²) in [4.78, 5) is 24.2. The Morgan fingerprint density at radius 3 is 1.64 bits per heavy atom. The Bertz CT molecular complexity index is 698. The molecule has 6 heteroatoms. The van der Waals surface area contributed by atoms with E-state index in [1.165, 1.54) is 116 Å². The zero-order valence-corrected chi connectivity index (χ0v) is 28.6. The van der Waals surface area contributed by atoms with Crippen LogP contribution < -0.4 is 16.4 Å². The summed E-state index contributed by atoms with van der Waals surface area (Å²) in [6, 6.07) is -0.456. The molecule has 1 aliphatic rings. The molecule has 0 spiro atoms. The van der Waals surface area contributed by atoms with Crippen LogP contribution in [0, 0.1) is 16.7 Å². The molecular formula is C36H71N3O3. The summed E-state index contributed by atoms with van der Waals surface area (Å²) in [5.41, 5.74) is 5.30. The van der Waals surface area contributed by atoms with Crippen LogP contribution in [0.1, 0.15) is 182 Å². The highest BCUT2D eigenvalue weighted by Crippen LogP contribution is 2.45. The van der Waals surface area contributed by atoms with Gasteiger partial charge in [0.05, 0.1) is 6.61 Å². The molecule has 0 aromatic carbocycles. The number of primary amides is 1. The fraction of sp³-hybridized carbons (Fsp3) is 0.944. The third-order valence-corrected chi connectivity index (χ3v) is 9.34. The van der Waals surface area contributed by atoms with E-state index in [9.17, 15) is 9.59 Å². The van der Waals surface area contributed by atoms with Crippen LogP contribution in [-0.2, 0) is 4.74 Å². The van der Waals surface area contributed by atoms with Crippen LogP contribution >= 0.6 is 0 Å². The Morgan fingerprint density at radius 1 is 0.738 bits per heavy atom. The third-order valence-electron chi connectivity index (χ3n) is 9.34. The van der Waals surface area contributed by atoms with Gasteiger partial charge >= 0.3 is 12.1 Å². The highest BCUT2D eigenvalue weighted by Gasteiger charge is 2.42. The van der Waals surface area contributed by atoms with Gasteiger partial charge in [-0.15, -0.1) is 0 Å². The lowest BCUT2D eigenvalue weighted by Crippen LogP contribution is -2.51. The molecule has 0 heterocycles. The van der Waals surface area contributed by atoms with Crippen LogP contribution in [-0.4, -0.2) is 31.3 Å². The zero-order chi connectivity index (χ0) is 31.1. The first-order valence-corrected chi connectivity index (χ1v) is 18.1. The predicted octanol–water partition coefficient (Wildman–Crippen LogP) is 10.4. The number of alkyl carbamates (subject to hydrolysis) is 1. The van der Waals surface area contributed by atoms with Crippen molar-refractivity contribution in [2.24, 2.45) is 22.5 Å². The molecule has 1 saturated carbocycles. The number of hydrogen-bond donors (Lipinski definition) is 3. The van der Waals surface area contributed by atoms with E-state index in [1.54, 1.807) is 0 Å². The number of nitrogens with two attached hydrogens (primary N) is 1. The molecule has 3 amide bonds. The lowest BCUT2D eigenvalue weighted by molar-refractivity contribution is 0.0634. The zero-order valence-electron chi connectivity index (χ0n) is 28.6. The summed E-state index contributed by atoms with van der Waals surface area (Å²) in [6.07, 6.45) is 28.9.